The second kappa shape index (κ2) is 9.26. The van der Waals surface area contributed by atoms with Crippen molar-refractivity contribution >= 4 is 17.5 Å². The normalized spacial score (nSPS) is 29.1. The molecule has 0 spiro atoms. The number of benzene rings is 1. The van der Waals surface area contributed by atoms with Crippen LogP contribution in [0.4, 0.5) is 5.69 Å². The Labute approximate surface area is 174 Å². The van der Waals surface area contributed by atoms with E-state index in [1.807, 2.05) is 30.3 Å². The van der Waals surface area contributed by atoms with Gasteiger partial charge in [0.25, 0.3) is 0 Å². The molecule has 3 atom stereocenters. The van der Waals surface area contributed by atoms with E-state index in [2.05, 4.69) is 27.5 Å². The molecule has 2 amide bonds. The zero-order chi connectivity index (χ0) is 20.2. The Morgan fingerprint density at radius 1 is 1.14 bits per heavy atom. The zero-order valence-corrected chi connectivity index (χ0v) is 17.5. The van der Waals surface area contributed by atoms with Crippen LogP contribution in [0.5, 0.6) is 0 Å². The molecule has 3 fully saturated rings. The third kappa shape index (κ3) is 4.64. The summed E-state index contributed by atoms with van der Waals surface area (Å²) in [7, 11) is 2.14. The highest BCUT2D eigenvalue weighted by atomic mass is 16.2. The fourth-order valence-corrected chi connectivity index (χ4v) is 5.46. The summed E-state index contributed by atoms with van der Waals surface area (Å²) in [5, 5.41) is 6.15. The quantitative estimate of drug-likeness (QED) is 0.800. The van der Waals surface area contributed by atoms with Crippen molar-refractivity contribution in [2.24, 2.45) is 0 Å². The average Bonchev–Trinajstić information content (AvgIpc) is 3.15. The number of nitrogens with zero attached hydrogens (tertiary/aromatic N) is 2. The lowest BCUT2D eigenvalue weighted by Gasteiger charge is -2.37. The molecule has 1 aliphatic carbocycles. The van der Waals surface area contributed by atoms with Crippen molar-refractivity contribution in [3.63, 3.8) is 0 Å². The van der Waals surface area contributed by atoms with Crippen molar-refractivity contribution in [2.45, 2.75) is 75.5 Å². The number of fused-ring (bicyclic) bond motifs is 1. The van der Waals surface area contributed by atoms with Crippen LogP contribution in [0.15, 0.2) is 30.3 Å². The van der Waals surface area contributed by atoms with Crippen molar-refractivity contribution in [3.05, 3.63) is 30.3 Å². The number of para-hydroxylation sites is 1. The number of carbonyl (C=O) groups is 2. The summed E-state index contributed by atoms with van der Waals surface area (Å²) in [5.41, 5.74) is 0.832. The fourth-order valence-electron chi connectivity index (χ4n) is 5.46. The second-order valence-corrected chi connectivity index (χ2v) is 8.85. The Morgan fingerprint density at radius 3 is 2.66 bits per heavy atom. The number of nitrogens with one attached hydrogen (secondary N) is 2. The van der Waals surface area contributed by atoms with Gasteiger partial charge >= 0.3 is 0 Å². The topological polar surface area (TPSA) is 64.7 Å². The highest BCUT2D eigenvalue weighted by Crippen LogP contribution is 2.33. The maximum atomic E-state index is 13.0. The van der Waals surface area contributed by atoms with Gasteiger partial charge < -0.3 is 10.6 Å². The molecular formula is C23H34N4O2. The van der Waals surface area contributed by atoms with Crippen molar-refractivity contribution in [2.75, 3.05) is 25.5 Å². The highest BCUT2D eigenvalue weighted by Gasteiger charge is 2.47. The number of likely N-dealkylation sites (N-methyl/N-ethyl adjacent to an activating group) is 1. The Hall–Kier alpha value is -1.92. The average molecular weight is 399 g/mol. The SMILES string of the molecule is CN1[C@@H](CCC(=O)Nc2ccccc2)CNC(=O)[C@@H]2[C@H]1CCN2C1CCCCC1. The van der Waals surface area contributed by atoms with Crippen LogP contribution in [-0.2, 0) is 9.59 Å². The third-order valence-corrected chi connectivity index (χ3v) is 7.09. The molecule has 2 aliphatic heterocycles. The Bertz CT molecular complexity index is 704. The first-order chi connectivity index (χ1) is 14.1. The first kappa shape index (κ1) is 20.4. The molecule has 0 aromatic heterocycles. The molecule has 6 heteroatoms. The maximum absolute atomic E-state index is 13.0. The lowest BCUT2D eigenvalue weighted by Crippen LogP contribution is -2.53. The molecule has 1 aromatic rings. The van der Waals surface area contributed by atoms with Gasteiger partial charge in [-0.2, -0.15) is 0 Å². The van der Waals surface area contributed by atoms with E-state index in [-0.39, 0.29) is 29.9 Å². The molecule has 1 aromatic carbocycles. The Balaban J connectivity index is 1.36. The van der Waals surface area contributed by atoms with E-state index in [1.165, 1.54) is 32.1 Å². The van der Waals surface area contributed by atoms with Gasteiger partial charge in [0.1, 0.15) is 6.04 Å². The number of anilines is 1. The van der Waals surface area contributed by atoms with Gasteiger partial charge in [0, 0.05) is 43.3 Å². The molecular weight excluding hydrogens is 364 g/mol. The summed E-state index contributed by atoms with van der Waals surface area (Å²) in [6.07, 6.45) is 8.61. The molecule has 2 heterocycles. The molecule has 2 saturated heterocycles. The largest absolute Gasteiger partial charge is 0.353 e. The number of carbonyl (C=O) groups excluding carboxylic acids is 2. The molecule has 3 aliphatic rings. The summed E-state index contributed by atoms with van der Waals surface area (Å²) in [5.74, 6) is 0.216. The van der Waals surface area contributed by atoms with E-state index in [0.29, 0.717) is 19.0 Å². The van der Waals surface area contributed by atoms with Crippen LogP contribution in [0.1, 0.15) is 51.4 Å². The Kier molecular flexibility index (Phi) is 6.50. The molecule has 6 nitrogen and oxygen atoms in total. The maximum Gasteiger partial charge on any atom is 0.239 e. The predicted octanol–water partition coefficient (Wildman–Crippen LogP) is 2.61. The van der Waals surface area contributed by atoms with E-state index in [0.717, 1.165) is 25.1 Å². The lowest BCUT2D eigenvalue weighted by molar-refractivity contribution is -0.126. The van der Waals surface area contributed by atoms with Crippen LogP contribution >= 0.6 is 0 Å². The summed E-state index contributed by atoms with van der Waals surface area (Å²) in [6.45, 7) is 1.64. The first-order valence-corrected chi connectivity index (χ1v) is 11.2. The lowest BCUT2D eigenvalue weighted by atomic mass is 9.93. The summed E-state index contributed by atoms with van der Waals surface area (Å²) in [6, 6.07) is 10.6. The summed E-state index contributed by atoms with van der Waals surface area (Å²) < 4.78 is 0. The third-order valence-electron chi connectivity index (χ3n) is 7.09. The van der Waals surface area contributed by atoms with Crippen molar-refractivity contribution in [1.29, 1.82) is 0 Å². The van der Waals surface area contributed by atoms with Gasteiger partial charge in [0.2, 0.25) is 11.8 Å². The second-order valence-electron chi connectivity index (χ2n) is 8.85. The van der Waals surface area contributed by atoms with Gasteiger partial charge in [-0.1, -0.05) is 37.5 Å². The van der Waals surface area contributed by atoms with E-state index >= 15 is 0 Å². The van der Waals surface area contributed by atoms with Crippen LogP contribution < -0.4 is 10.6 Å². The molecule has 0 unspecified atom stereocenters. The number of amides is 2. The van der Waals surface area contributed by atoms with Crippen LogP contribution in [0.2, 0.25) is 0 Å². The molecule has 0 bridgehead atoms. The van der Waals surface area contributed by atoms with Gasteiger partial charge in [-0.05, 0) is 44.9 Å². The predicted molar refractivity (Wildman–Crippen MR) is 115 cm³/mol. The Morgan fingerprint density at radius 2 is 1.90 bits per heavy atom. The first-order valence-electron chi connectivity index (χ1n) is 11.2. The van der Waals surface area contributed by atoms with Gasteiger partial charge in [0.05, 0.1) is 0 Å². The van der Waals surface area contributed by atoms with Crippen LogP contribution in [0.25, 0.3) is 0 Å². The molecule has 158 valence electrons. The molecule has 4 rings (SSSR count). The van der Waals surface area contributed by atoms with Gasteiger partial charge in [-0.25, -0.2) is 0 Å². The van der Waals surface area contributed by atoms with E-state index in [4.69, 9.17) is 0 Å². The molecule has 0 radical (unpaired) electrons. The van der Waals surface area contributed by atoms with E-state index in [9.17, 15) is 9.59 Å². The number of rotatable bonds is 5. The van der Waals surface area contributed by atoms with Crippen molar-refractivity contribution in [3.8, 4) is 0 Å². The van der Waals surface area contributed by atoms with Crippen molar-refractivity contribution < 1.29 is 9.59 Å². The number of likely N-dealkylation sites (tertiary alicyclic amines) is 1. The number of hydrogen-bond donors (Lipinski definition) is 2. The molecule has 2 N–H and O–H groups in total. The summed E-state index contributed by atoms with van der Waals surface area (Å²) >= 11 is 0. The fraction of sp³-hybridized carbons (Fsp3) is 0.652. The minimum atomic E-state index is -0.0359. The minimum absolute atomic E-state index is 0.0342. The van der Waals surface area contributed by atoms with Gasteiger partial charge in [-0.3, -0.25) is 19.4 Å². The van der Waals surface area contributed by atoms with Gasteiger partial charge in [0.15, 0.2) is 0 Å². The minimum Gasteiger partial charge on any atom is -0.353 e. The van der Waals surface area contributed by atoms with E-state index in [1.54, 1.807) is 0 Å². The smallest absolute Gasteiger partial charge is 0.239 e. The van der Waals surface area contributed by atoms with Crippen molar-refractivity contribution in [1.82, 2.24) is 15.1 Å². The van der Waals surface area contributed by atoms with Crippen LogP contribution in [0, 0.1) is 0 Å². The zero-order valence-electron chi connectivity index (χ0n) is 17.5. The summed E-state index contributed by atoms with van der Waals surface area (Å²) in [4.78, 5) is 30.2. The van der Waals surface area contributed by atoms with Crippen LogP contribution in [0.3, 0.4) is 0 Å². The van der Waals surface area contributed by atoms with E-state index < -0.39 is 0 Å². The highest BCUT2D eigenvalue weighted by molar-refractivity contribution is 5.90. The van der Waals surface area contributed by atoms with Crippen LogP contribution in [-0.4, -0.2) is 65.9 Å². The molecule has 1 saturated carbocycles. The molecule has 29 heavy (non-hydrogen) atoms. The van der Waals surface area contributed by atoms with Gasteiger partial charge in [-0.15, -0.1) is 0 Å². The standard InChI is InChI=1S/C23H34N4O2/c1-26-19(12-13-21(28)25-17-8-4-2-5-9-17)16-24-23(29)22-20(26)14-15-27(22)18-10-6-3-7-11-18/h2,4-5,8-9,18-20,22H,3,6-7,10-16H2,1H3,(H,24,29)(H,25,28)/t19-,20+,22-/m0/s1. The monoisotopic (exact) mass is 398 g/mol. The number of hydrogen-bond acceptors (Lipinski definition) is 4.